The summed E-state index contributed by atoms with van der Waals surface area (Å²) in [5.74, 6) is 0.634. The second kappa shape index (κ2) is 5.74. The maximum absolute atomic E-state index is 11.8. The lowest BCUT2D eigenvalue weighted by Crippen LogP contribution is -2.30. The molecule has 104 valence electrons. The first-order valence-electron chi connectivity index (χ1n) is 7.04. The number of benzene rings is 1. The van der Waals surface area contributed by atoms with Crippen molar-refractivity contribution in [3.05, 3.63) is 34.9 Å². The van der Waals surface area contributed by atoms with Crippen molar-refractivity contribution in [1.82, 2.24) is 4.90 Å². The van der Waals surface area contributed by atoms with Crippen LogP contribution in [0.2, 0.25) is 0 Å². The van der Waals surface area contributed by atoms with Crippen LogP contribution in [0, 0.1) is 19.8 Å². The normalized spacial score (nSPS) is 20.9. The summed E-state index contributed by atoms with van der Waals surface area (Å²) in [6, 6.07) is 5.98. The van der Waals surface area contributed by atoms with E-state index in [0.717, 1.165) is 18.5 Å². The van der Waals surface area contributed by atoms with E-state index in [1.165, 1.54) is 11.1 Å². The van der Waals surface area contributed by atoms with Gasteiger partial charge in [-0.15, -0.1) is 0 Å². The summed E-state index contributed by atoms with van der Waals surface area (Å²) in [7, 11) is 0. The quantitative estimate of drug-likeness (QED) is 0.905. The molecule has 0 saturated carbocycles. The molecule has 0 aromatic heterocycles. The van der Waals surface area contributed by atoms with Gasteiger partial charge >= 0.3 is 0 Å². The first kappa shape index (κ1) is 14.1. The Morgan fingerprint density at radius 3 is 2.68 bits per heavy atom. The maximum atomic E-state index is 11.8. The summed E-state index contributed by atoms with van der Waals surface area (Å²) in [6.45, 7) is 7.41. The fourth-order valence-electron chi connectivity index (χ4n) is 2.59. The summed E-state index contributed by atoms with van der Waals surface area (Å²) < 4.78 is 0. The standard InChI is InChI=1S/C16H23NO2/c1-4-13-8-16(19)17(9-13)10-15(18)14-6-5-11(2)12(3)7-14/h5-7,13,15,18H,4,8-10H2,1-3H3. The van der Waals surface area contributed by atoms with Crippen LogP contribution in [0.15, 0.2) is 18.2 Å². The van der Waals surface area contributed by atoms with Gasteiger partial charge in [0.05, 0.1) is 12.6 Å². The zero-order valence-electron chi connectivity index (χ0n) is 12.0. The second-order valence-corrected chi connectivity index (χ2v) is 5.64. The third-order valence-electron chi connectivity index (χ3n) is 4.18. The van der Waals surface area contributed by atoms with Crippen LogP contribution in [0.1, 0.15) is 42.6 Å². The number of hydrogen-bond donors (Lipinski definition) is 1. The predicted octanol–water partition coefficient (Wildman–Crippen LogP) is 2.60. The van der Waals surface area contributed by atoms with E-state index >= 15 is 0 Å². The molecule has 0 aliphatic carbocycles. The van der Waals surface area contributed by atoms with E-state index in [0.29, 0.717) is 18.9 Å². The third-order valence-corrected chi connectivity index (χ3v) is 4.18. The molecule has 1 N–H and O–H groups in total. The highest BCUT2D eigenvalue weighted by atomic mass is 16.3. The van der Waals surface area contributed by atoms with Crippen molar-refractivity contribution in [3.63, 3.8) is 0 Å². The van der Waals surface area contributed by atoms with Crippen LogP contribution in [-0.2, 0) is 4.79 Å². The van der Waals surface area contributed by atoms with Gasteiger partial charge in [-0.2, -0.15) is 0 Å². The highest BCUT2D eigenvalue weighted by molar-refractivity contribution is 5.78. The molecule has 1 saturated heterocycles. The van der Waals surface area contributed by atoms with E-state index in [9.17, 15) is 9.90 Å². The molecule has 1 aliphatic rings. The van der Waals surface area contributed by atoms with Crippen molar-refractivity contribution in [2.45, 2.75) is 39.7 Å². The maximum Gasteiger partial charge on any atom is 0.223 e. The topological polar surface area (TPSA) is 40.5 Å². The molecular weight excluding hydrogens is 238 g/mol. The Balaban J connectivity index is 2.02. The van der Waals surface area contributed by atoms with Crippen molar-refractivity contribution in [1.29, 1.82) is 0 Å². The van der Waals surface area contributed by atoms with E-state index in [1.807, 2.05) is 25.1 Å². The number of aliphatic hydroxyl groups is 1. The molecule has 1 fully saturated rings. The van der Waals surface area contributed by atoms with Gasteiger partial charge in [0.25, 0.3) is 0 Å². The highest BCUT2D eigenvalue weighted by Crippen LogP contribution is 2.24. The van der Waals surface area contributed by atoms with E-state index < -0.39 is 6.10 Å². The predicted molar refractivity (Wildman–Crippen MR) is 75.9 cm³/mol. The zero-order valence-corrected chi connectivity index (χ0v) is 12.0. The minimum absolute atomic E-state index is 0.176. The average molecular weight is 261 g/mol. The molecule has 2 atom stereocenters. The number of rotatable bonds is 4. The molecule has 1 aromatic carbocycles. The Morgan fingerprint density at radius 1 is 1.37 bits per heavy atom. The second-order valence-electron chi connectivity index (χ2n) is 5.64. The number of aliphatic hydroxyl groups excluding tert-OH is 1. The lowest BCUT2D eigenvalue weighted by atomic mass is 10.0. The Labute approximate surface area is 115 Å². The number of carbonyl (C=O) groups excluding carboxylic acids is 1. The van der Waals surface area contributed by atoms with Gasteiger partial charge in [0.2, 0.25) is 5.91 Å². The van der Waals surface area contributed by atoms with Gasteiger partial charge in [0.15, 0.2) is 0 Å². The van der Waals surface area contributed by atoms with Crippen molar-refractivity contribution in [2.75, 3.05) is 13.1 Å². The van der Waals surface area contributed by atoms with Crippen LogP contribution in [-0.4, -0.2) is 29.0 Å². The van der Waals surface area contributed by atoms with Gasteiger partial charge in [-0.3, -0.25) is 4.79 Å². The number of nitrogens with zero attached hydrogens (tertiary/aromatic N) is 1. The van der Waals surface area contributed by atoms with Crippen molar-refractivity contribution in [2.24, 2.45) is 5.92 Å². The van der Waals surface area contributed by atoms with Gasteiger partial charge < -0.3 is 10.0 Å². The van der Waals surface area contributed by atoms with Gasteiger partial charge in [0.1, 0.15) is 0 Å². The van der Waals surface area contributed by atoms with Gasteiger partial charge in [0, 0.05) is 13.0 Å². The number of hydrogen-bond acceptors (Lipinski definition) is 2. The zero-order chi connectivity index (χ0) is 14.0. The summed E-state index contributed by atoms with van der Waals surface area (Å²) in [5, 5.41) is 10.3. The fraction of sp³-hybridized carbons (Fsp3) is 0.562. The molecule has 1 aliphatic heterocycles. The summed E-state index contributed by atoms with van der Waals surface area (Å²) in [6.07, 6.45) is 1.08. The molecule has 19 heavy (non-hydrogen) atoms. The molecule has 1 amide bonds. The SMILES string of the molecule is CCC1CC(=O)N(CC(O)c2ccc(C)c(C)c2)C1. The third kappa shape index (κ3) is 3.16. The minimum atomic E-state index is -0.584. The average Bonchev–Trinajstić information content (AvgIpc) is 2.73. The van der Waals surface area contributed by atoms with E-state index in [-0.39, 0.29) is 5.91 Å². The van der Waals surface area contributed by atoms with Crippen LogP contribution >= 0.6 is 0 Å². The molecule has 0 spiro atoms. The number of carbonyl (C=O) groups is 1. The van der Waals surface area contributed by atoms with Crippen LogP contribution in [0.4, 0.5) is 0 Å². The van der Waals surface area contributed by atoms with Crippen LogP contribution in [0.5, 0.6) is 0 Å². The molecule has 1 aromatic rings. The van der Waals surface area contributed by atoms with Crippen molar-refractivity contribution < 1.29 is 9.90 Å². The highest BCUT2D eigenvalue weighted by Gasteiger charge is 2.29. The minimum Gasteiger partial charge on any atom is -0.387 e. The number of likely N-dealkylation sites (tertiary alicyclic amines) is 1. The van der Waals surface area contributed by atoms with Crippen LogP contribution in [0.3, 0.4) is 0 Å². The Bertz CT molecular complexity index is 470. The number of aryl methyl sites for hydroxylation is 2. The van der Waals surface area contributed by atoms with Gasteiger partial charge in [-0.1, -0.05) is 31.5 Å². The van der Waals surface area contributed by atoms with Gasteiger partial charge in [-0.25, -0.2) is 0 Å². The lowest BCUT2D eigenvalue weighted by molar-refractivity contribution is -0.129. The largest absolute Gasteiger partial charge is 0.387 e. The number of β-amino-alcohol motifs (C(OH)–C–C–N with tert-alkyl or cyclic N) is 1. The summed E-state index contributed by atoms with van der Waals surface area (Å²) in [5.41, 5.74) is 3.30. The first-order valence-corrected chi connectivity index (χ1v) is 7.04. The molecule has 3 nitrogen and oxygen atoms in total. The Hall–Kier alpha value is -1.35. The molecule has 0 radical (unpaired) electrons. The molecular formula is C16H23NO2. The molecule has 2 rings (SSSR count). The monoisotopic (exact) mass is 261 g/mol. The molecule has 0 bridgehead atoms. The molecule has 1 heterocycles. The Kier molecular flexibility index (Phi) is 4.25. The van der Waals surface area contributed by atoms with E-state index in [1.54, 1.807) is 4.90 Å². The van der Waals surface area contributed by atoms with E-state index in [4.69, 9.17) is 0 Å². The van der Waals surface area contributed by atoms with E-state index in [2.05, 4.69) is 13.8 Å². The fourth-order valence-corrected chi connectivity index (χ4v) is 2.59. The summed E-state index contributed by atoms with van der Waals surface area (Å²) in [4.78, 5) is 13.6. The van der Waals surface area contributed by atoms with Crippen molar-refractivity contribution >= 4 is 5.91 Å². The van der Waals surface area contributed by atoms with Gasteiger partial charge in [-0.05, 0) is 36.5 Å². The smallest absolute Gasteiger partial charge is 0.223 e. The van der Waals surface area contributed by atoms with Crippen LogP contribution < -0.4 is 0 Å². The molecule has 2 unspecified atom stereocenters. The van der Waals surface area contributed by atoms with Crippen LogP contribution in [0.25, 0.3) is 0 Å². The van der Waals surface area contributed by atoms with Crippen molar-refractivity contribution in [3.8, 4) is 0 Å². The molecule has 3 heteroatoms. The Morgan fingerprint density at radius 2 is 2.11 bits per heavy atom. The first-order chi connectivity index (χ1) is 9.01. The number of amides is 1. The lowest BCUT2D eigenvalue weighted by Gasteiger charge is -2.21. The summed E-state index contributed by atoms with van der Waals surface area (Å²) >= 11 is 0.